The molecule has 24 heavy (non-hydrogen) atoms. The van der Waals surface area contributed by atoms with Crippen LogP contribution < -0.4 is 4.74 Å². The lowest BCUT2D eigenvalue weighted by atomic mass is 9.73. The van der Waals surface area contributed by atoms with Crippen molar-refractivity contribution in [2.45, 2.75) is 70.8 Å². The van der Waals surface area contributed by atoms with Crippen LogP contribution >= 0.6 is 0 Å². The van der Waals surface area contributed by atoms with Gasteiger partial charge in [-0.05, 0) is 74.4 Å². The zero-order valence-electron chi connectivity index (χ0n) is 15.4. The Morgan fingerprint density at radius 2 is 1.96 bits per heavy atom. The molecule has 0 amide bonds. The lowest BCUT2D eigenvalue weighted by Gasteiger charge is -2.33. The molecule has 0 saturated carbocycles. The van der Waals surface area contributed by atoms with Crippen molar-refractivity contribution in [3.05, 3.63) is 47.2 Å². The van der Waals surface area contributed by atoms with E-state index in [4.69, 9.17) is 9.72 Å². The summed E-state index contributed by atoms with van der Waals surface area (Å²) in [7, 11) is 0. The van der Waals surface area contributed by atoms with E-state index in [0.717, 1.165) is 11.4 Å². The maximum absolute atomic E-state index is 6.19. The molecular weight excluding hydrogens is 294 g/mol. The third-order valence-corrected chi connectivity index (χ3v) is 6.54. The van der Waals surface area contributed by atoms with Gasteiger partial charge in [-0.15, -0.1) is 0 Å². The summed E-state index contributed by atoms with van der Waals surface area (Å²) in [5.74, 6) is 1.72. The van der Waals surface area contributed by atoms with E-state index < -0.39 is 0 Å². The molecule has 2 aromatic rings. The van der Waals surface area contributed by atoms with Gasteiger partial charge in [0.25, 0.3) is 0 Å². The molecule has 1 aliphatic heterocycles. The molecule has 0 bridgehead atoms. The Hall–Kier alpha value is -1.83. The maximum Gasteiger partial charge on any atom is 0.124 e. The standard InChI is InChI=1S/C22H27NO/c1-6-14-7-8-16-13-23-19(12-17(14)16)15-9-10-20-18(11-15)21(2,3)22(4,5)24-20/h9-14H,6-8H2,1-5H3. The van der Waals surface area contributed by atoms with E-state index in [2.05, 4.69) is 65.1 Å². The van der Waals surface area contributed by atoms with E-state index >= 15 is 0 Å². The first-order valence-corrected chi connectivity index (χ1v) is 9.16. The van der Waals surface area contributed by atoms with Crippen LogP contribution in [-0.2, 0) is 11.8 Å². The topological polar surface area (TPSA) is 22.1 Å². The van der Waals surface area contributed by atoms with Gasteiger partial charge < -0.3 is 4.74 Å². The van der Waals surface area contributed by atoms with Crippen LogP contribution in [0.2, 0.25) is 0 Å². The summed E-state index contributed by atoms with van der Waals surface area (Å²) in [5.41, 5.74) is 6.34. The van der Waals surface area contributed by atoms with Gasteiger partial charge in [0.15, 0.2) is 0 Å². The number of rotatable bonds is 2. The van der Waals surface area contributed by atoms with Gasteiger partial charge in [-0.2, -0.15) is 0 Å². The molecule has 1 atom stereocenters. The van der Waals surface area contributed by atoms with Crippen LogP contribution in [0.15, 0.2) is 30.5 Å². The lowest BCUT2D eigenvalue weighted by molar-refractivity contribution is 0.0712. The first kappa shape index (κ1) is 15.7. The summed E-state index contributed by atoms with van der Waals surface area (Å²) >= 11 is 0. The molecule has 126 valence electrons. The number of pyridine rings is 1. The number of ether oxygens (including phenoxy) is 1. The molecular formula is C22H27NO. The first-order valence-electron chi connectivity index (χ1n) is 9.16. The smallest absolute Gasteiger partial charge is 0.124 e. The molecule has 1 aromatic heterocycles. The van der Waals surface area contributed by atoms with E-state index in [1.165, 1.54) is 41.5 Å². The molecule has 4 rings (SSSR count). The predicted molar refractivity (Wildman–Crippen MR) is 98.8 cm³/mol. The Balaban J connectivity index is 1.78. The molecule has 1 unspecified atom stereocenters. The number of benzene rings is 1. The van der Waals surface area contributed by atoms with Crippen molar-refractivity contribution in [3.8, 4) is 17.0 Å². The van der Waals surface area contributed by atoms with Crippen LogP contribution in [0.25, 0.3) is 11.3 Å². The zero-order valence-corrected chi connectivity index (χ0v) is 15.4. The second-order valence-corrected chi connectivity index (χ2v) is 8.36. The number of hydrogen-bond acceptors (Lipinski definition) is 2. The van der Waals surface area contributed by atoms with Gasteiger partial charge in [0.1, 0.15) is 11.4 Å². The Morgan fingerprint density at radius 3 is 2.71 bits per heavy atom. The molecule has 2 heterocycles. The van der Waals surface area contributed by atoms with E-state index in [1.54, 1.807) is 0 Å². The summed E-state index contributed by atoms with van der Waals surface area (Å²) in [5, 5.41) is 0. The Morgan fingerprint density at radius 1 is 1.17 bits per heavy atom. The lowest BCUT2D eigenvalue weighted by Crippen LogP contribution is -2.41. The highest BCUT2D eigenvalue weighted by Gasteiger charge is 2.47. The van der Waals surface area contributed by atoms with Crippen molar-refractivity contribution in [2.24, 2.45) is 0 Å². The summed E-state index contributed by atoms with van der Waals surface area (Å²) < 4.78 is 6.19. The van der Waals surface area contributed by atoms with Crippen molar-refractivity contribution in [1.29, 1.82) is 0 Å². The molecule has 1 aromatic carbocycles. The number of aryl methyl sites for hydroxylation is 1. The van der Waals surface area contributed by atoms with Crippen LogP contribution in [0, 0.1) is 0 Å². The highest BCUT2D eigenvalue weighted by molar-refractivity contribution is 5.65. The number of nitrogens with zero attached hydrogens (tertiary/aromatic N) is 1. The summed E-state index contributed by atoms with van der Waals surface area (Å²) in [4.78, 5) is 4.76. The summed E-state index contributed by atoms with van der Waals surface area (Å²) in [6.07, 6.45) is 5.77. The van der Waals surface area contributed by atoms with Gasteiger partial charge in [-0.25, -0.2) is 0 Å². The fourth-order valence-corrected chi connectivity index (χ4v) is 4.15. The zero-order chi connectivity index (χ0) is 17.1. The monoisotopic (exact) mass is 321 g/mol. The normalized spacial score (nSPS) is 22.8. The van der Waals surface area contributed by atoms with Gasteiger partial charge in [-0.1, -0.05) is 20.8 Å². The second-order valence-electron chi connectivity index (χ2n) is 8.36. The van der Waals surface area contributed by atoms with Crippen LogP contribution in [0.1, 0.15) is 70.1 Å². The van der Waals surface area contributed by atoms with E-state index in [0.29, 0.717) is 5.92 Å². The SMILES string of the molecule is CCC1CCc2cnc(-c3ccc4c(c3)C(C)(C)C(C)(C)O4)cc21. The third kappa shape index (κ3) is 2.12. The Kier molecular flexibility index (Phi) is 3.32. The van der Waals surface area contributed by atoms with Crippen molar-refractivity contribution < 1.29 is 4.74 Å². The number of aromatic nitrogens is 1. The first-order chi connectivity index (χ1) is 11.3. The van der Waals surface area contributed by atoms with Crippen LogP contribution in [-0.4, -0.2) is 10.6 Å². The molecule has 0 saturated heterocycles. The van der Waals surface area contributed by atoms with Gasteiger partial charge in [0, 0.05) is 22.7 Å². The van der Waals surface area contributed by atoms with Crippen molar-refractivity contribution in [1.82, 2.24) is 4.98 Å². The average Bonchev–Trinajstić information content (AvgIpc) is 3.03. The molecule has 2 heteroatoms. The second kappa shape index (κ2) is 5.08. The fraction of sp³-hybridized carbons (Fsp3) is 0.500. The number of fused-ring (bicyclic) bond motifs is 2. The van der Waals surface area contributed by atoms with Gasteiger partial charge in [0.2, 0.25) is 0 Å². The highest BCUT2D eigenvalue weighted by Crippen LogP contribution is 2.49. The highest BCUT2D eigenvalue weighted by atomic mass is 16.5. The van der Waals surface area contributed by atoms with E-state index in [1.807, 2.05) is 0 Å². The van der Waals surface area contributed by atoms with Gasteiger partial charge in [-0.3, -0.25) is 4.98 Å². The molecule has 0 radical (unpaired) electrons. The van der Waals surface area contributed by atoms with E-state index in [9.17, 15) is 0 Å². The molecule has 0 fully saturated rings. The minimum absolute atomic E-state index is 0.0129. The van der Waals surface area contributed by atoms with Crippen molar-refractivity contribution in [3.63, 3.8) is 0 Å². The Labute approximate surface area is 145 Å². The largest absolute Gasteiger partial charge is 0.487 e. The van der Waals surface area contributed by atoms with Crippen molar-refractivity contribution in [2.75, 3.05) is 0 Å². The maximum atomic E-state index is 6.19. The minimum Gasteiger partial charge on any atom is -0.487 e. The predicted octanol–water partition coefficient (Wildman–Crippen LogP) is 5.64. The quantitative estimate of drug-likeness (QED) is 0.714. The summed E-state index contributed by atoms with van der Waals surface area (Å²) in [6.45, 7) is 11.2. The van der Waals surface area contributed by atoms with Crippen LogP contribution in [0.5, 0.6) is 5.75 Å². The Bertz CT molecular complexity index is 804. The third-order valence-electron chi connectivity index (χ3n) is 6.54. The fourth-order valence-electron chi connectivity index (χ4n) is 4.15. The van der Waals surface area contributed by atoms with Gasteiger partial charge in [0.05, 0.1) is 5.69 Å². The minimum atomic E-state index is -0.188. The summed E-state index contributed by atoms with van der Waals surface area (Å²) in [6, 6.07) is 8.88. The molecule has 0 N–H and O–H groups in total. The van der Waals surface area contributed by atoms with Crippen molar-refractivity contribution >= 4 is 0 Å². The molecule has 2 aliphatic rings. The number of hydrogen-bond donors (Lipinski definition) is 0. The van der Waals surface area contributed by atoms with E-state index in [-0.39, 0.29) is 11.0 Å². The average molecular weight is 321 g/mol. The van der Waals surface area contributed by atoms with Crippen LogP contribution in [0.4, 0.5) is 0 Å². The molecule has 2 nitrogen and oxygen atoms in total. The van der Waals surface area contributed by atoms with Gasteiger partial charge >= 0.3 is 0 Å². The van der Waals surface area contributed by atoms with Crippen LogP contribution in [0.3, 0.4) is 0 Å². The molecule has 0 spiro atoms. The molecule has 1 aliphatic carbocycles.